The molecule has 0 aliphatic carbocycles. The monoisotopic (exact) mass is 1170 g/mol. The zero-order valence-electron chi connectivity index (χ0n) is 27.4. The number of nitrogens with zero attached hydrogens (tertiary/aromatic N) is 2. The van der Waals surface area contributed by atoms with Gasteiger partial charge in [-0.15, -0.1) is 0 Å². The third kappa shape index (κ3) is 24.2. The predicted molar refractivity (Wildman–Crippen MR) is 223 cm³/mol. The molecule has 2 aliphatic rings. The summed E-state index contributed by atoms with van der Waals surface area (Å²) in [5.41, 5.74) is 1.86. The summed E-state index contributed by atoms with van der Waals surface area (Å²) in [7, 11) is 0. The summed E-state index contributed by atoms with van der Waals surface area (Å²) in [6.07, 6.45) is 2.03. The molecule has 2 aromatic carbocycles. The Morgan fingerprint density at radius 2 is 1.15 bits per heavy atom. The van der Waals surface area contributed by atoms with Crippen LogP contribution in [-0.2, 0) is 37.2 Å². The maximum absolute atomic E-state index is 11.9. The zero-order chi connectivity index (χ0) is 36.5. The van der Waals surface area contributed by atoms with Crippen molar-refractivity contribution in [2.24, 2.45) is 11.8 Å². The summed E-state index contributed by atoms with van der Waals surface area (Å²) in [5, 5.41) is 8.59. The van der Waals surface area contributed by atoms with Crippen molar-refractivity contribution in [2.45, 2.75) is 63.6 Å². The molecule has 48 heavy (non-hydrogen) atoms. The van der Waals surface area contributed by atoms with Crippen molar-refractivity contribution in [3.05, 3.63) is 78.7 Å². The molecule has 0 bridgehead atoms. The average Bonchev–Trinajstić information content (AvgIpc) is 3.08. The van der Waals surface area contributed by atoms with E-state index in [0.717, 1.165) is 27.9 Å². The SMILES string of the molecule is CC(C)I.O=C(Cl)C1CCCN(C(=O)OCc2ccccc2)C1.O=C(O)C1CCCN(C(=O)OCc2ccccc2)C1.[CH2-]C.[I][V]([I])[I]. The number of hydrogen-bond donors (Lipinski definition) is 1. The van der Waals surface area contributed by atoms with E-state index >= 15 is 0 Å². The third-order valence-corrected chi connectivity index (χ3v) is 6.75. The van der Waals surface area contributed by atoms with E-state index in [1.54, 1.807) is 11.8 Å². The van der Waals surface area contributed by atoms with Gasteiger partial charge in [0.2, 0.25) is 5.24 Å². The van der Waals surface area contributed by atoms with Crippen LogP contribution < -0.4 is 0 Å². The van der Waals surface area contributed by atoms with Crippen molar-refractivity contribution >= 4 is 118 Å². The van der Waals surface area contributed by atoms with E-state index in [2.05, 4.69) is 103 Å². The van der Waals surface area contributed by atoms with Crippen molar-refractivity contribution in [1.29, 1.82) is 0 Å². The second-order valence-corrected chi connectivity index (χ2v) is 48.7. The standard InChI is InChI=1S/C14H16ClNO3.C14H17NO4.C3H7I.C2H5.3HI.V/c15-13(17)12-7-4-8-16(9-12)14(18)19-10-11-5-2-1-3-6-11;16-13(17)12-7-4-8-15(9-12)14(18)19-10-11-5-2-1-3-6-11;1-3(2)4;1-2;;;;/h1-3,5-6,12H,4,7-10H2;1-3,5-6,12H,4,7-10H2,(H,16,17);3H,1-2H3;1H2,2H3;3*1H;/q;;;-1;;;;+3/p-3. The Morgan fingerprint density at radius 3 is 1.48 bits per heavy atom. The Hall–Kier alpha value is -0.0856. The number of carbonyl (C=O) groups excluding carboxylic acids is 3. The molecule has 0 spiro atoms. The number of benzene rings is 2. The van der Waals surface area contributed by atoms with Gasteiger partial charge in [0.05, 0.1) is 11.8 Å². The van der Waals surface area contributed by atoms with E-state index in [1.807, 2.05) is 60.7 Å². The number of carboxylic acid groups (broad SMARTS) is 1. The zero-order valence-corrected chi connectivity index (χ0v) is 38.2. The Balaban J connectivity index is 0.000000723. The molecule has 0 radical (unpaired) electrons. The molecule has 0 aromatic heterocycles. The molecule has 2 amide bonds. The number of carbonyl (C=O) groups is 4. The van der Waals surface area contributed by atoms with Crippen LogP contribution in [0.4, 0.5) is 9.59 Å². The molecular weight excluding hydrogens is 1130 g/mol. The van der Waals surface area contributed by atoms with Crippen molar-refractivity contribution in [2.75, 3.05) is 26.2 Å². The Bertz CT molecular complexity index is 1090. The van der Waals surface area contributed by atoms with Crippen LogP contribution in [0.2, 0.25) is 0 Å². The summed E-state index contributed by atoms with van der Waals surface area (Å²) >= 11 is 15.2. The van der Waals surface area contributed by atoms with E-state index in [0.29, 0.717) is 32.5 Å². The number of piperidine rings is 2. The van der Waals surface area contributed by atoms with Crippen LogP contribution in [0.5, 0.6) is 0 Å². The molecule has 9 nitrogen and oxygen atoms in total. The van der Waals surface area contributed by atoms with Gasteiger partial charge in [-0.25, -0.2) is 9.59 Å². The number of aliphatic carboxylic acids is 1. The van der Waals surface area contributed by atoms with E-state index in [1.165, 1.54) is 4.90 Å². The molecule has 2 aromatic rings. The van der Waals surface area contributed by atoms with Crippen LogP contribution >= 0.6 is 94.1 Å². The van der Waals surface area contributed by atoms with Crippen LogP contribution in [-0.4, -0.2) is 68.4 Å². The Kier molecular flexibility index (Phi) is 29.4. The summed E-state index contributed by atoms with van der Waals surface area (Å²) in [6.45, 7) is 11.6. The first-order valence-corrected chi connectivity index (χ1v) is 30.4. The number of carboxylic acids is 1. The van der Waals surface area contributed by atoms with Crippen LogP contribution in [0.1, 0.15) is 57.6 Å². The van der Waals surface area contributed by atoms with Gasteiger partial charge < -0.3 is 31.3 Å². The normalized spacial score (nSPS) is 16.6. The van der Waals surface area contributed by atoms with Gasteiger partial charge in [-0.3, -0.25) is 9.59 Å². The Labute approximate surface area is 342 Å². The molecule has 4 rings (SSSR count). The first-order valence-electron chi connectivity index (χ1n) is 15.3. The number of alkyl halides is 1. The fraction of sp³-hybridized carbons (Fsp3) is 0.485. The number of rotatable bonds is 6. The summed E-state index contributed by atoms with van der Waals surface area (Å²) in [5.74, 6) is -1.58. The van der Waals surface area contributed by atoms with Crippen molar-refractivity contribution in [3.8, 4) is 0 Å². The predicted octanol–water partition coefficient (Wildman–Crippen LogP) is 10.2. The quantitative estimate of drug-likeness (QED) is 0.133. The van der Waals surface area contributed by atoms with Gasteiger partial charge in [0, 0.05) is 30.1 Å². The molecular formula is C33H45ClI4N2O7V-. The molecule has 15 heteroatoms. The van der Waals surface area contributed by atoms with Crippen molar-refractivity contribution in [1.82, 2.24) is 9.80 Å². The van der Waals surface area contributed by atoms with Gasteiger partial charge in [-0.05, 0) is 48.4 Å². The average molecular weight is 1180 g/mol. The van der Waals surface area contributed by atoms with Gasteiger partial charge in [-0.1, -0.05) is 97.1 Å². The molecule has 0 saturated carbocycles. The summed E-state index contributed by atoms with van der Waals surface area (Å²) in [4.78, 5) is 48.5. The number of ether oxygens (including phenoxy) is 2. The first kappa shape index (κ1) is 47.9. The van der Waals surface area contributed by atoms with Crippen molar-refractivity contribution < 1.29 is 38.7 Å². The maximum atomic E-state index is 11.9. The minimum atomic E-state index is -0.847. The molecule has 2 fully saturated rings. The molecule has 2 unspecified atom stereocenters. The van der Waals surface area contributed by atoms with E-state index in [-0.39, 0.29) is 41.9 Å². The number of hydrogen-bond acceptors (Lipinski definition) is 6. The fourth-order valence-corrected chi connectivity index (χ4v) is 4.47. The number of amides is 2. The van der Waals surface area contributed by atoms with E-state index < -0.39 is 18.0 Å². The molecule has 270 valence electrons. The topological polar surface area (TPSA) is 113 Å². The van der Waals surface area contributed by atoms with Gasteiger partial charge >= 0.3 is 83.0 Å². The van der Waals surface area contributed by atoms with Crippen LogP contribution in [0.15, 0.2) is 60.7 Å². The van der Waals surface area contributed by atoms with Gasteiger partial charge in [-0.2, -0.15) is 6.92 Å². The van der Waals surface area contributed by atoms with Crippen LogP contribution in [0.3, 0.4) is 0 Å². The molecule has 2 aliphatic heterocycles. The van der Waals surface area contributed by atoms with E-state index in [9.17, 15) is 19.2 Å². The van der Waals surface area contributed by atoms with E-state index in [4.69, 9.17) is 26.2 Å². The summed E-state index contributed by atoms with van der Waals surface area (Å²) < 4.78 is 11.2. The second-order valence-electron chi connectivity index (χ2n) is 10.5. The van der Waals surface area contributed by atoms with Crippen LogP contribution in [0.25, 0.3) is 0 Å². The Morgan fingerprint density at radius 1 is 0.812 bits per heavy atom. The van der Waals surface area contributed by atoms with Crippen LogP contribution in [0, 0.1) is 18.8 Å². The molecule has 1 N–H and O–H groups in total. The van der Waals surface area contributed by atoms with Crippen molar-refractivity contribution in [3.63, 3.8) is 0 Å². The number of halogens is 5. The second kappa shape index (κ2) is 29.5. The third-order valence-electron chi connectivity index (χ3n) is 6.44. The van der Waals surface area contributed by atoms with Gasteiger partial charge in [0.1, 0.15) is 13.2 Å². The number of likely N-dealkylation sites (tertiary alicyclic amines) is 2. The minimum absolute atomic E-state index is 0.216. The molecule has 2 saturated heterocycles. The first-order chi connectivity index (χ1) is 22.8. The van der Waals surface area contributed by atoms with Gasteiger partial charge in [0.25, 0.3) is 0 Å². The molecule has 2 atom stereocenters. The van der Waals surface area contributed by atoms with Gasteiger partial charge in [0.15, 0.2) is 0 Å². The molecule has 2 heterocycles. The fourth-order valence-electron chi connectivity index (χ4n) is 4.29. The summed E-state index contributed by atoms with van der Waals surface area (Å²) in [6, 6.07) is 18.9.